The monoisotopic (exact) mass is 100 g/mol. The molecule has 0 amide bonds. The SMILES string of the molecule is C=C=COC(=O)O. The molecule has 0 fully saturated rings. The van der Waals surface area contributed by atoms with Gasteiger partial charge < -0.3 is 9.84 Å². The Balaban J connectivity index is 3.32. The molecule has 0 aromatic rings. The third kappa shape index (κ3) is 4.79. The van der Waals surface area contributed by atoms with Crippen LogP contribution in [0.3, 0.4) is 0 Å². The molecule has 0 saturated carbocycles. The van der Waals surface area contributed by atoms with Crippen LogP contribution >= 0.6 is 0 Å². The zero-order chi connectivity index (χ0) is 5.70. The zero-order valence-corrected chi connectivity index (χ0v) is 3.55. The van der Waals surface area contributed by atoms with E-state index >= 15 is 0 Å². The third-order valence-corrected chi connectivity index (χ3v) is 0.243. The Morgan fingerprint density at radius 3 is 2.71 bits per heavy atom. The van der Waals surface area contributed by atoms with Crippen molar-refractivity contribution in [3.63, 3.8) is 0 Å². The van der Waals surface area contributed by atoms with Gasteiger partial charge in [-0.05, 0) is 0 Å². The molecule has 38 valence electrons. The molecule has 0 aliphatic carbocycles. The smallest absolute Gasteiger partial charge is 0.449 e. The number of hydrogen-bond acceptors (Lipinski definition) is 2. The predicted molar refractivity (Wildman–Crippen MR) is 22.8 cm³/mol. The lowest BCUT2D eigenvalue weighted by atomic mass is 10.9. The molecule has 0 spiro atoms. The molecule has 0 unspecified atom stereocenters. The van der Waals surface area contributed by atoms with E-state index in [4.69, 9.17) is 5.11 Å². The van der Waals surface area contributed by atoms with Gasteiger partial charge in [0.05, 0.1) is 0 Å². The van der Waals surface area contributed by atoms with E-state index in [1.54, 1.807) is 0 Å². The Hall–Kier alpha value is -1.21. The van der Waals surface area contributed by atoms with E-state index in [0.29, 0.717) is 0 Å². The van der Waals surface area contributed by atoms with Gasteiger partial charge in [-0.1, -0.05) is 12.3 Å². The molecule has 0 saturated heterocycles. The second-order valence-corrected chi connectivity index (χ2v) is 0.706. The van der Waals surface area contributed by atoms with Gasteiger partial charge in [-0.3, -0.25) is 0 Å². The summed E-state index contributed by atoms with van der Waals surface area (Å²) in [4.78, 5) is 9.44. The minimum Gasteiger partial charge on any atom is -0.449 e. The van der Waals surface area contributed by atoms with Crippen LogP contribution in [0.2, 0.25) is 0 Å². The average molecular weight is 100 g/mol. The van der Waals surface area contributed by atoms with Gasteiger partial charge in [0.1, 0.15) is 6.26 Å². The lowest BCUT2D eigenvalue weighted by Crippen LogP contribution is -1.90. The fourth-order valence-electron chi connectivity index (χ4n) is 0.0921. The van der Waals surface area contributed by atoms with Crippen LogP contribution < -0.4 is 0 Å². The van der Waals surface area contributed by atoms with Gasteiger partial charge in [0.15, 0.2) is 0 Å². The Kier molecular flexibility index (Phi) is 2.48. The summed E-state index contributed by atoms with van der Waals surface area (Å²) in [6.07, 6.45) is -0.487. The van der Waals surface area contributed by atoms with Gasteiger partial charge >= 0.3 is 6.16 Å². The number of rotatable bonds is 1. The standard InChI is InChI=1S/C4H4O3/c1-2-3-7-4(5)6/h3H,1H2,(H,5,6). The van der Waals surface area contributed by atoms with Crippen molar-refractivity contribution in [2.75, 3.05) is 0 Å². The van der Waals surface area contributed by atoms with E-state index in [1.165, 1.54) is 0 Å². The largest absolute Gasteiger partial charge is 0.511 e. The summed E-state index contributed by atoms with van der Waals surface area (Å²) in [6.45, 7) is 3.06. The highest BCUT2D eigenvalue weighted by molar-refractivity contribution is 5.57. The van der Waals surface area contributed by atoms with E-state index in [-0.39, 0.29) is 0 Å². The average Bonchev–Trinajstić information content (AvgIpc) is 1.61. The predicted octanol–water partition coefficient (Wildman–Crippen LogP) is 0.980. The summed E-state index contributed by atoms with van der Waals surface area (Å²) in [6, 6.07) is 0. The van der Waals surface area contributed by atoms with E-state index < -0.39 is 6.16 Å². The second-order valence-electron chi connectivity index (χ2n) is 0.706. The first-order chi connectivity index (χ1) is 3.27. The van der Waals surface area contributed by atoms with Crippen molar-refractivity contribution in [1.82, 2.24) is 0 Å². The van der Waals surface area contributed by atoms with Crippen molar-refractivity contribution in [2.24, 2.45) is 0 Å². The molecule has 0 aliphatic rings. The molecule has 7 heavy (non-hydrogen) atoms. The fourth-order valence-corrected chi connectivity index (χ4v) is 0.0921. The maximum Gasteiger partial charge on any atom is 0.511 e. The van der Waals surface area contributed by atoms with Crippen LogP contribution in [0.5, 0.6) is 0 Å². The van der Waals surface area contributed by atoms with Gasteiger partial charge in [0, 0.05) is 0 Å². The molecule has 3 heteroatoms. The molecule has 0 heterocycles. The molecule has 0 aromatic carbocycles. The topological polar surface area (TPSA) is 46.5 Å². The van der Waals surface area contributed by atoms with E-state index in [9.17, 15) is 4.79 Å². The summed E-state index contributed by atoms with van der Waals surface area (Å²) in [5, 5.41) is 7.72. The third-order valence-electron chi connectivity index (χ3n) is 0.243. The molecule has 0 aromatic heterocycles. The summed E-state index contributed by atoms with van der Waals surface area (Å²) < 4.78 is 3.81. The number of carboxylic acid groups (broad SMARTS) is 1. The highest BCUT2D eigenvalue weighted by Crippen LogP contribution is 1.72. The van der Waals surface area contributed by atoms with Crippen molar-refractivity contribution in [3.05, 3.63) is 18.6 Å². The Labute approximate surface area is 40.5 Å². The molecule has 0 aliphatic heterocycles. The normalized spacial score (nSPS) is 6.29. The summed E-state index contributed by atoms with van der Waals surface area (Å²) in [5.74, 6) is 0. The summed E-state index contributed by atoms with van der Waals surface area (Å²) >= 11 is 0. The van der Waals surface area contributed by atoms with Gasteiger partial charge in [-0.2, -0.15) is 0 Å². The highest BCUT2D eigenvalue weighted by atomic mass is 16.7. The van der Waals surface area contributed by atoms with Crippen molar-refractivity contribution in [3.8, 4) is 0 Å². The Morgan fingerprint density at radius 2 is 2.57 bits per heavy atom. The van der Waals surface area contributed by atoms with Gasteiger partial charge in [0.25, 0.3) is 0 Å². The molecule has 1 N–H and O–H groups in total. The first-order valence-electron chi connectivity index (χ1n) is 1.51. The van der Waals surface area contributed by atoms with Crippen molar-refractivity contribution >= 4 is 6.16 Å². The van der Waals surface area contributed by atoms with Crippen LogP contribution in [0, 0.1) is 0 Å². The highest BCUT2D eigenvalue weighted by Gasteiger charge is 1.85. The van der Waals surface area contributed by atoms with E-state index in [2.05, 4.69) is 17.0 Å². The first kappa shape index (κ1) is 5.79. The van der Waals surface area contributed by atoms with Crippen LogP contribution in [0.4, 0.5) is 4.79 Å². The molecular formula is C4H4O3. The summed E-state index contributed by atoms with van der Waals surface area (Å²) in [7, 11) is 0. The number of carbonyl (C=O) groups is 1. The quantitative estimate of drug-likeness (QED) is 0.303. The van der Waals surface area contributed by atoms with E-state index in [1.807, 2.05) is 0 Å². The Bertz CT molecular complexity index is 110. The maximum atomic E-state index is 9.44. The molecule has 0 radical (unpaired) electrons. The lowest BCUT2D eigenvalue weighted by molar-refractivity contribution is 0.128. The van der Waals surface area contributed by atoms with Crippen LogP contribution in [-0.4, -0.2) is 11.3 Å². The molecular weight excluding hydrogens is 96.0 g/mol. The van der Waals surface area contributed by atoms with Crippen LogP contribution in [0.15, 0.2) is 18.6 Å². The van der Waals surface area contributed by atoms with Gasteiger partial charge in [0.2, 0.25) is 0 Å². The van der Waals surface area contributed by atoms with Crippen molar-refractivity contribution in [1.29, 1.82) is 0 Å². The fraction of sp³-hybridized carbons (Fsp3) is 0. The maximum absolute atomic E-state index is 9.44. The Morgan fingerprint density at radius 1 is 2.00 bits per heavy atom. The summed E-state index contributed by atoms with van der Waals surface area (Å²) in [5.41, 5.74) is 2.12. The minimum atomic E-state index is -1.35. The van der Waals surface area contributed by atoms with Crippen LogP contribution in [-0.2, 0) is 4.74 Å². The van der Waals surface area contributed by atoms with Crippen molar-refractivity contribution < 1.29 is 14.6 Å². The number of ether oxygens (including phenoxy) is 1. The molecule has 0 rings (SSSR count). The number of hydrogen-bond donors (Lipinski definition) is 1. The van der Waals surface area contributed by atoms with E-state index in [0.717, 1.165) is 6.26 Å². The first-order valence-corrected chi connectivity index (χ1v) is 1.51. The van der Waals surface area contributed by atoms with Crippen LogP contribution in [0.25, 0.3) is 0 Å². The second kappa shape index (κ2) is 3.00. The molecule has 0 atom stereocenters. The van der Waals surface area contributed by atoms with Gasteiger partial charge in [-0.15, -0.1) is 0 Å². The van der Waals surface area contributed by atoms with Crippen LogP contribution in [0.1, 0.15) is 0 Å². The molecule has 0 bridgehead atoms. The van der Waals surface area contributed by atoms with Gasteiger partial charge in [-0.25, -0.2) is 4.79 Å². The molecule has 3 nitrogen and oxygen atoms in total. The minimum absolute atomic E-state index is 0.863. The zero-order valence-electron chi connectivity index (χ0n) is 3.55. The van der Waals surface area contributed by atoms with Crippen molar-refractivity contribution in [2.45, 2.75) is 0 Å². The lowest BCUT2D eigenvalue weighted by Gasteiger charge is -1.81.